The maximum absolute atomic E-state index is 13.3. The van der Waals surface area contributed by atoms with Crippen LogP contribution in [0.2, 0.25) is 0 Å². The van der Waals surface area contributed by atoms with E-state index in [1.165, 1.54) is 12.1 Å². The van der Waals surface area contributed by atoms with E-state index in [1.807, 2.05) is 10.7 Å². The van der Waals surface area contributed by atoms with Crippen molar-refractivity contribution in [3.05, 3.63) is 59.2 Å². The van der Waals surface area contributed by atoms with Crippen molar-refractivity contribution in [1.29, 1.82) is 0 Å². The zero-order chi connectivity index (χ0) is 20.2. The van der Waals surface area contributed by atoms with E-state index in [-0.39, 0.29) is 12.5 Å². The molecule has 1 fully saturated rings. The number of nitrogens with one attached hydrogen (secondary N) is 1. The van der Waals surface area contributed by atoms with Crippen molar-refractivity contribution in [1.82, 2.24) is 25.2 Å². The average molecular weight is 401 g/mol. The van der Waals surface area contributed by atoms with Crippen molar-refractivity contribution < 1.29 is 18.3 Å². The lowest BCUT2D eigenvalue weighted by Crippen LogP contribution is -2.38. The van der Waals surface area contributed by atoms with Crippen LogP contribution in [-0.4, -0.2) is 58.6 Å². The smallest absolute Gasteiger partial charge is 0.251 e. The quantitative estimate of drug-likeness (QED) is 0.684. The molecular weight excluding hydrogens is 380 g/mol. The number of fused-ring (bicyclic) bond motifs is 1. The highest BCUT2D eigenvalue weighted by Gasteiger charge is 2.13. The van der Waals surface area contributed by atoms with Crippen molar-refractivity contribution in [2.45, 2.75) is 13.1 Å². The second kappa shape index (κ2) is 8.62. The Morgan fingerprint density at radius 2 is 1.83 bits per heavy atom. The third-order valence-electron chi connectivity index (χ3n) is 4.88. The Bertz CT molecular complexity index is 997. The molecule has 4 rings (SSSR count). The zero-order valence-electron chi connectivity index (χ0n) is 15.8. The van der Waals surface area contributed by atoms with Crippen LogP contribution in [0.25, 0.3) is 11.0 Å². The Kier molecular flexibility index (Phi) is 5.77. The molecule has 0 radical (unpaired) electrons. The van der Waals surface area contributed by atoms with Gasteiger partial charge in [-0.3, -0.25) is 9.69 Å². The van der Waals surface area contributed by atoms with Gasteiger partial charge in [0, 0.05) is 37.8 Å². The SMILES string of the molecule is O=C(NCc1cc(F)cc(F)c1)c1ccc2c(c1)nnn2CCN1CCOCC1. The molecule has 0 spiro atoms. The first-order chi connectivity index (χ1) is 14.1. The van der Waals surface area contributed by atoms with Crippen molar-refractivity contribution in [2.24, 2.45) is 0 Å². The second-order valence-corrected chi connectivity index (χ2v) is 6.93. The molecule has 1 amide bonds. The summed E-state index contributed by atoms with van der Waals surface area (Å²) in [6.07, 6.45) is 0. The summed E-state index contributed by atoms with van der Waals surface area (Å²) in [6, 6.07) is 8.33. The van der Waals surface area contributed by atoms with Gasteiger partial charge in [-0.15, -0.1) is 5.10 Å². The van der Waals surface area contributed by atoms with Gasteiger partial charge in [-0.25, -0.2) is 13.5 Å². The van der Waals surface area contributed by atoms with Gasteiger partial charge >= 0.3 is 0 Å². The molecule has 1 aromatic heterocycles. The van der Waals surface area contributed by atoms with Crippen LogP contribution < -0.4 is 5.32 Å². The number of morpholine rings is 1. The van der Waals surface area contributed by atoms with Crippen LogP contribution in [0.15, 0.2) is 36.4 Å². The Hall–Kier alpha value is -2.91. The minimum atomic E-state index is -0.677. The Morgan fingerprint density at radius 3 is 2.59 bits per heavy atom. The number of benzene rings is 2. The lowest BCUT2D eigenvalue weighted by Gasteiger charge is -2.26. The maximum atomic E-state index is 13.3. The number of ether oxygens (including phenoxy) is 1. The molecule has 0 atom stereocenters. The monoisotopic (exact) mass is 401 g/mol. The van der Waals surface area contributed by atoms with E-state index in [9.17, 15) is 13.6 Å². The number of carbonyl (C=O) groups is 1. The second-order valence-electron chi connectivity index (χ2n) is 6.93. The van der Waals surface area contributed by atoms with Gasteiger partial charge in [0.05, 0.1) is 25.3 Å². The van der Waals surface area contributed by atoms with Gasteiger partial charge in [-0.2, -0.15) is 0 Å². The molecular formula is C20H21F2N5O2. The molecule has 152 valence electrons. The van der Waals surface area contributed by atoms with E-state index < -0.39 is 11.6 Å². The van der Waals surface area contributed by atoms with E-state index in [2.05, 4.69) is 20.5 Å². The van der Waals surface area contributed by atoms with E-state index in [4.69, 9.17) is 4.74 Å². The summed E-state index contributed by atoms with van der Waals surface area (Å²) in [5.41, 5.74) is 2.24. The third kappa shape index (κ3) is 4.75. The van der Waals surface area contributed by atoms with Crippen LogP contribution in [0.5, 0.6) is 0 Å². The van der Waals surface area contributed by atoms with Crippen molar-refractivity contribution in [3.63, 3.8) is 0 Å². The number of halogens is 2. The van der Waals surface area contributed by atoms with Gasteiger partial charge < -0.3 is 10.1 Å². The number of hydrogen-bond donors (Lipinski definition) is 1. The minimum absolute atomic E-state index is 0.0256. The normalized spacial score (nSPS) is 15.0. The molecule has 7 nitrogen and oxygen atoms in total. The molecule has 29 heavy (non-hydrogen) atoms. The van der Waals surface area contributed by atoms with Crippen LogP contribution in [-0.2, 0) is 17.8 Å². The Morgan fingerprint density at radius 1 is 1.07 bits per heavy atom. The average Bonchev–Trinajstić information content (AvgIpc) is 3.13. The summed E-state index contributed by atoms with van der Waals surface area (Å²) in [5, 5.41) is 11.0. The topological polar surface area (TPSA) is 72.3 Å². The molecule has 0 saturated carbocycles. The van der Waals surface area contributed by atoms with Crippen LogP contribution >= 0.6 is 0 Å². The maximum Gasteiger partial charge on any atom is 0.251 e. The van der Waals surface area contributed by atoms with E-state index in [1.54, 1.807) is 12.1 Å². The summed E-state index contributed by atoms with van der Waals surface area (Å²) in [7, 11) is 0. The molecule has 1 aliphatic heterocycles. The Labute approximate surface area is 166 Å². The van der Waals surface area contributed by atoms with Gasteiger partial charge in [0.1, 0.15) is 17.2 Å². The highest BCUT2D eigenvalue weighted by atomic mass is 19.1. The van der Waals surface area contributed by atoms with Crippen LogP contribution in [0, 0.1) is 11.6 Å². The molecule has 1 saturated heterocycles. The summed E-state index contributed by atoms with van der Waals surface area (Å²) in [4.78, 5) is 14.7. The molecule has 1 N–H and O–H groups in total. The highest BCUT2D eigenvalue weighted by molar-refractivity contribution is 5.97. The zero-order valence-corrected chi connectivity index (χ0v) is 15.8. The predicted molar refractivity (Wildman–Crippen MR) is 102 cm³/mol. The summed E-state index contributed by atoms with van der Waals surface area (Å²) in [6.45, 7) is 4.90. The summed E-state index contributed by atoms with van der Waals surface area (Å²) in [5.74, 6) is -1.70. The van der Waals surface area contributed by atoms with Gasteiger partial charge in [-0.1, -0.05) is 5.21 Å². The Balaban J connectivity index is 1.40. The number of hydrogen-bond acceptors (Lipinski definition) is 5. The standard InChI is InChI=1S/C20H21F2N5O2/c21-16-9-14(10-17(22)12-16)13-23-20(28)15-1-2-19-18(11-15)24-25-27(19)4-3-26-5-7-29-8-6-26/h1-2,9-12H,3-8,13H2,(H,23,28). The number of carbonyl (C=O) groups excluding carboxylic acids is 1. The predicted octanol–water partition coefficient (Wildman–Crippen LogP) is 1.97. The fourth-order valence-corrected chi connectivity index (χ4v) is 3.34. The number of amides is 1. The van der Waals surface area contributed by atoms with E-state index >= 15 is 0 Å². The van der Waals surface area contributed by atoms with Crippen molar-refractivity contribution >= 4 is 16.9 Å². The fraction of sp³-hybridized carbons (Fsp3) is 0.350. The third-order valence-corrected chi connectivity index (χ3v) is 4.88. The van der Waals surface area contributed by atoms with Crippen LogP contribution in [0.4, 0.5) is 8.78 Å². The summed E-state index contributed by atoms with van der Waals surface area (Å²) < 4.78 is 33.7. The molecule has 0 bridgehead atoms. The number of nitrogens with zero attached hydrogens (tertiary/aromatic N) is 4. The molecule has 2 aromatic carbocycles. The summed E-state index contributed by atoms with van der Waals surface area (Å²) >= 11 is 0. The lowest BCUT2D eigenvalue weighted by atomic mass is 10.1. The van der Waals surface area contributed by atoms with Gasteiger partial charge in [0.25, 0.3) is 5.91 Å². The molecule has 1 aliphatic rings. The molecule has 9 heteroatoms. The van der Waals surface area contributed by atoms with Crippen molar-refractivity contribution in [3.8, 4) is 0 Å². The number of aromatic nitrogens is 3. The van der Waals surface area contributed by atoms with Crippen LogP contribution in [0.1, 0.15) is 15.9 Å². The highest BCUT2D eigenvalue weighted by Crippen LogP contribution is 2.14. The van der Waals surface area contributed by atoms with Gasteiger partial charge in [-0.05, 0) is 35.9 Å². The minimum Gasteiger partial charge on any atom is -0.379 e. The van der Waals surface area contributed by atoms with E-state index in [0.717, 1.165) is 44.4 Å². The van der Waals surface area contributed by atoms with Gasteiger partial charge in [0.2, 0.25) is 0 Å². The molecule has 0 unspecified atom stereocenters. The molecule has 0 aliphatic carbocycles. The van der Waals surface area contributed by atoms with Crippen molar-refractivity contribution in [2.75, 3.05) is 32.8 Å². The first kappa shape index (κ1) is 19.4. The lowest BCUT2D eigenvalue weighted by molar-refractivity contribution is 0.0360. The fourth-order valence-electron chi connectivity index (χ4n) is 3.34. The largest absolute Gasteiger partial charge is 0.379 e. The van der Waals surface area contributed by atoms with Crippen LogP contribution in [0.3, 0.4) is 0 Å². The van der Waals surface area contributed by atoms with Gasteiger partial charge in [0.15, 0.2) is 0 Å². The van der Waals surface area contributed by atoms with E-state index in [0.29, 0.717) is 23.2 Å². The molecule has 2 heterocycles. The first-order valence-electron chi connectivity index (χ1n) is 9.45. The molecule has 3 aromatic rings. The first-order valence-corrected chi connectivity index (χ1v) is 9.45. The number of rotatable bonds is 6.